The fraction of sp³-hybridized carbons (Fsp3) is 0.727. The lowest BCUT2D eigenvalue weighted by atomic mass is 10.1. The second-order valence-electron chi connectivity index (χ2n) is 3.90. The fourth-order valence-corrected chi connectivity index (χ4v) is 1.68. The molecule has 3 heteroatoms. The standard InChI is InChI=1S/C11H21N3/c1-3-4-5-6-7-10(2)14-11(12)8-9-13-14/h8-10H,3-7,12H2,1-2H3. The van der Waals surface area contributed by atoms with Gasteiger partial charge in [-0.2, -0.15) is 5.10 Å². The van der Waals surface area contributed by atoms with Crippen molar-refractivity contribution in [2.24, 2.45) is 0 Å². The largest absolute Gasteiger partial charge is 0.384 e. The first-order valence-electron chi connectivity index (χ1n) is 5.54. The summed E-state index contributed by atoms with van der Waals surface area (Å²) in [6.07, 6.45) is 8.15. The number of rotatable bonds is 6. The highest BCUT2D eigenvalue weighted by molar-refractivity contribution is 5.26. The Labute approximate surface area is 86.3 Å². The first-order valence-corrected chi connectivity index (χ1v) is 5.54. The average molecular weight is 195 g/mol. The SMILES string of the molecule is CCCCCCC(C)n1nccc1N. The summed E-state index contributed by atoms with van der Waals surface area (Å²) in [4.78, 5) is 0. The predicted octanol–water partition coefficient (Wildman–Crippen LogP) is 3.00. The number of nitrogen functional groups attached to an aromatic ring is 1. The van der Waals surface area contributed by atoms with E-state index in [1.54, 1.807) is 6.20 Å². The van der Waals surface area contributed by atoms with Crippen LogP contribution < -0.4 is 5.73 Å². The molecule has 0 aliphatic rings. The van der Waals surface area contributed by atoms with Crippen LogP contribution in [0.3, 0.4) is 0 Å². The van der Waals surface area contributed by atoms with Crippen molar-refractivity contribution in [1.82, 2.24) is 9.78 Å². The van der Waals surface area contributed by atoms with Gasteiger partial charge in [-0.3, -0.25) is 0 Å². The van der Waals surface area contributed by atoms with E-state index in [2.05, 4.69) is 18.9 Å². The smallest absolute Gasteiger partial charge is 0.121 e. The van der Waals surface area contributed by atoms with Gasteiger partial charge < -0.3 is 5.73 Å². The Hall–Kier alpha value is -0.990. The fourth-order valence-electron chi connectivity index (χ4n) is 1.68. The third kappa shape index (κ3) is 3.05. The number of aromatic nitrogens is 2. The molecule has 0 aromatic carbocycles. The first-order chi connectivity index (χ1) is 6.75. The number of unbranched alkanes of at least 4 members (excludes halogenated alkanes) is 3. The number of hydrogen-bond acceptors (Lipinski definition) is 2. The minimum Gasteiger partial charge on any atom is -0.384 e. The molecular weight excluding hydrogens is 174 g/mol. The highest BCUT2D eigenvalue weighted by atomic mass is 15.3. The number of nitrogens with zero attached hydrogens (tertiary/aromatic N) is 2. The topological polar surface area (TPSA) is 43.8 Å². The summed E-state index contributed by atoms with van der Waals surface area (Å²) in [7, 11) is 0. The lowest BCUT2D eigenvalue weighted by Crippen LogP contribution is -2.09. The van der Waals surface area contributed by atoms with E-state index in [1.165, 1.54) is 32.1 Å². The van der Waals surface area contributed by atoms with Crippen LogP contribution >= 0.6 is 0 Å². The van der Waals surface area contributed by atoms with E-state index >= 15 is 0 Å². The monoisotopic (exact) mass is 195 g/mol. The van der Waals surface area contributed by atoms with Crippen LogP contribution in [0.2, 0.25) is 0 Å². The van der Waals surface area contributed by atoms with Crippen LogP contribution in [0.15, 0.2) is 12.3 Å². The van der Waals surface area contributed by atoms with Crippen LogP contribution in [0.4, 0.5) is 5.82 Å². The molecule has 0 bridgehead atoms. The quantitative estimate of drug-likeness (QED) is 0.709. The van der Waals surface area contributed by atoms with Crippen molar-refractivity contribution < 1.29 is 0 Å². The van der Waals surface area contributed by atoms with Crippen molar-refractivity contribution in [2.45, 2.75) is 52.0 Å². The molecule has 3 nitrogen and oxygen atoms in total. The molecule has 0 saturated carbocycles. The van der Waals surface area contributed by atoms with E-state index in [1.807, 2.05) is 10.7 Å². The summed E-state index contributed by atoms with van der Waals surface area (Å²) < 4.78 is 1.91. The number of hydrogen-bond donors (Lipinski definition) is 1. The van der Waals surface area contributed by atoms with Crippen molar-refractivity contribution in [1.29, 1.82) is 0 Å². The molecule has 0 aliphatic carbocycles. The average Bonchev–Trinajstić information content (AvgIpc) is 2.59. The molecule has 80 valence electrons. The van der Waals surface area contributed by atoms with E-state index in [0.29, 0.717) is 6.04 Å². The van der Waals surface area contributed by atoms with Gasteiger partial charge in [0.05, 0.1) is 12.2 Å². The Kier molecular flexibility index (Phi) is 4.50. The van der Waals surface area contributed by atoms with Crippen molar-refractivity contribution in [3.05, 3.63) is 12.3 Å². The highest BCUT2D eigenvalue weighted by Crippen LogP contribution is 2.17. The molecule has 1 atom stereocenters. The summed E-state index contributed by atoms with van der Waals surface area (Å²) in [5, 5.41) is 4.21. The Morgan fingerprint density at radius 1 is 1.43 bits per heavy atom. The molecule has 1 aromatic rings. The third-order valence-corrected chi connectivity index (χ3v) is 2.59. The van der Waals surface area contributed by atoms with Crippen molar-refractivity contribution in [2.75, 3.05) is 5.73 Å². The number of anilines is 1. The molecule has 1 aromatic heterocycles. The maximum absolute atomic E-state index is 5.77. The second-order valence-corrected chi connectivity index (χ2v) is 3.90. The van der Waals surface area contributed by atoms with Gasteiger partial charge in [0.1, 0.15) is 5.82 Å². The van der Waals surface area contributed by atoms with E-state index in [-0.39, 0.29) is 0 Å². The minimum absolute atomic E-state index is 0.432. The molecule has 0 fully saturated rings. The van der Waals surface area contributed by atoms with Gasteiger partial charge in [-0.05, 0) is 19.4 Å². The predicted molar refractivity (Wildman–Crippen MR) is 60.1 cm³/mol. The molecule has 0 saturated heterocycles. The van der Waals surface area contributed by atoms with Gasteiger partial charge in [0.15, 0.2) is 0 Å². The van der Waals surface area contributed by atoms with Crippen LogP contribution in [0.1, 0.15) is 52.0 Å². The van der Waals surface area contributed by atoms with Gasteiger partial charge >= 0.3 is 0 Å². The summed E-state index contributed by atoms with van der Waals surface area (Å²) >= 11 is 0. The van der Waals surface area contributed by atoms with E-state index in [9.17, 15) is 0 Å². The maximum atomic E-state index is 5.77. The van der Waals surface area contributed by atoms with E-state index in [0.717, 1.165) is 5.82 Å². The summed E-state index contributed by atoms with van der Waals surface area (Å²) in [5.41, 5.74) is 5.77. The molecule has 1 unspecified atom stereocenters. The summed E-state index contributed by atoms with van der Waals surface area (Å²) in [6, 6.07) is 2.28. The Balaban J connectivity index is 2.28. The lowest BCUT2D eigenvalue weighted by molar-refractivity contribution is 0.441. The Morgan fingerprint density at radius 3 is 2.79 bits per heavy atom. The zero-order valence-corrected chi connectivity index (χ0v) is 9.24. The van der Waals surface area contributed by atoms with Gasteiger partial charge in [0, 0.05) is 0 Å². The highest BCUT2D eigenvalue weighted by Gasteiger charge is 2.06. The molecule has 1 rings (SSSR count). The summed E-state index contributed by atoms with van der Waals surface area (Å²) in [6.45, 7) is 4.41. The molecule has 0 radical (unpaired) electrons. The van der Waals surface area contributed by atoms with Crippen LogP contribution in [0, 0.1) is 0 Å². The molecular formula is C11H21N3. The van der Waals surface area contributed by atoms with Crippen molar-refractivity contribution in [3.8, 4) is 0 Å². The maximum Gasteiger partial charge on any atom is 0.121 e. The Morgan fingerprint density at radius 2 is 2.21 bits per heavy atom. The number of nitrogens with two attached hydrogens (primary N) is 1. The van der Waals surface area contributed by atoms with Gasteiger partial charge in [0.25, 0.3) is 0 Å². The van der Waals surface area contributed by atoms with Crippen LogP contribution in [0.25, 0.3) is 0 Å². The molecule has 0 aliphatic heterocycles. The summed E-state index contributed by atoms with van der Waals surface area (Å²) in [5.74, 6) is 0.771. The third-order valence-electron chi connectivity index (χ3n) is 2.59. The normalized spacial score (nSPS) is 13.0. The minimum atomic E-state index is 0.432. The lowest BCUT2D eigenvalue weighted by Gasteiger charge is -2.13. The Bertz CT molecular complexity index is 255. The molecule has 14 heavy (non-hydrogen) atoms. The zero-order valence-electron chi connectivity index (χ0n) is 9.24. The van der Waals surface area contributed by atoms with Crippen molar-refractivity contribution in [3.63, 3.8) is 0 Å². The van der Waals surface area contributed by atoms with Crippen LogP contribution in [-0.4, -0.2) is 9.78 Å². The zero-order chi connectivity index (χ0) is 10.4. The van der Waals surface area contributed by atoms with E-state index in [4.69, 9.17) is 5.73 Å². The second kappa shape index (κ2) is 5.68. The van der Waals surface area contributed by atoms with Gasteiger partial charge in [-0.15, -0.1) is 0 Å². The molecule has 1 heterocycles. The molecule has 2 N–H and O–H groups in total. The van der Waals surface area contributed by atoms with Crippen molar-refractivity contribution >= 4 is 5.82 Å². The molecule has 0 amide bonds. The first kappa shape index (κ1) is 11.1. The molecule has 0 spiro atoms. The van der Waals surface area contributed by atoms with Gasteiger partial charge in [-0.1, -0.05) is 32.6 Å². The van der Waals surface area contributed by atoms with Crippen LogP contribution in [-0.2, 0) is 0 Å². The van der Waals surface area contributed by atoms with Crippen LogP contribution in [0.5, 0.6) is 0 Å². The van der Waals surface area contributed by atoms with Gasteiger partial charge in [0.2, 0.25) is 0 Å². The van der Waals surface area contributed by atoms with Gasteiger partial charge in [-0.25, -0.2) is 4.68 Å². The van der Waals surface area contributed by atoms with E-state index < -0.39 is 0 Å².